The quantitative estimate of drug-likeness (QED) is 0.800. The van der Waals surface area contributed by atoms with Crippen molar-refractivity contribution in [1.82, 2.24) is 4.90 Å². The number of carbonyl (C=O) groups is 2. The van der Waals surface area contributed by atoms with Crippen LogP contribution in [0.1, 0.15) is 24.8 Å². The zero-order chi connectivity index (χ0) is 17.5. The summed E-state index contributed by atoms with van der Waals surface area (Å²) in [5, 5.41) is 17.5. The number of rotatable bonds is 6. The third kappa shape index (κ3) is 4.11. The monoisotopic (exact) mass is 324 g/mol. The van der Waals surface area contributed by atoms with Gasteiger partial charge in [-0.25, -0.2) is 0 Å². The fourth-order valence-corrected chi connectivity index (χ4v) is 2.81. The van der Waals surface area contributed by atoms with E-state index in [1.165, 1.54) is 4.90 Å². The minimum atomic E-state index is -0.420. The molecule has 1 aliphatic heterocycles. The Labute approximate surface area is 141 Å². The Bertz CT molecular complexity index is 666. The maximum Gasteiger partial charge on any atom is 0.228 e. The molecule has 0 spiro atoms. The van der Waals surface area contributed by atoms with E-state index in [9.17, 15) is 9.59 Å². The molecule has 0 aromatic heterocycles. The summed E-state index contributed by atoms with van der Waals surface area (Å²) in [6.07, 6.45) is 0.612. The molecular formula is C18H20N4O2. The highest BCUT2D eigenvalue weighted by Crippen LogP contribution is 2.26. The lowest BCUT2D eigenvalue weighted by atomic mass is 10.1. The van der Waals surface area contributed by atoms with Gasteiger partial charge < -0.3 is 9.80 Å². The lowest BCUT2D eigenvalue weighted by Crippen LogP contribution is -2.38. The SMILES string of the molecule is Cc1ccc(N2CC(C(=O)N(CCC#N)CCC#N)CC2=O)cc1. The molecule has 1 aliphatic rings. The van der Waals surface area contributed by atoms with Gasteiger partial charge in [0.1, 0.15) is 0 Å². The van der Waals surface area contributed by atoms with Gasteiger partial charge in [0.25, 0.3) is 0 Å². The number of nitriles is 2. The van der Waals surface area contributed by atoms with Crippen LogP contribution < -0.4 is 4.90 Å². The molecule has 1 unspecified atom stereocenters. The molecule has 1 fully saturated rings. The minimum Gasteiger partial charge on any atom is -0.340 e. The highest BCUT2D eigenvalue weighted by molar-refractivity contribution is 6.00. The van der Waals surface area contributed by atoms with Crippen molar-refractivity contribution in [3.05, 3.63) is 29.8 Å². The standard InChI is InChI=1S/C18H20N4O2/c1-14-4-6-16(7-5-14)22-13-15(12-17(22)23)18(24)21(10-2-8-19)11-3-9-20/h4-7,15H,2-3,10-13H2,1H3. The molecule has 1 heterocycles. The van der Waals surface area contributed by atoms with E-state index in [2.05, 4.69) is 0 Å². The minimum absolute atomic E-state index is 0.0716. The predicted molar refractivity (Wildman–Crippen MR) is 88.7 cm³/mol. The van der Waals surface area contributed by atoms with Crippen LogP contribution >= 0.6 is 0 Å². The van der Waals surface area contributed by atoms with Gasteiger partial charge >= 0.3 is 0 Å². The van der Waals surface area contributed by atoms with Crippen LogP contribution in [0.25, 0.3) is 0 Å². The number of amides is 2. The number of aryl methyl sites for hydroxylation is 1. The van der Waals surface area contributed by atoms with Crippen molar-refractivity contribution in [1.29, 1.82) is 10.5 Å². The van der Waals surface area contributed by atoms with Crippen LogP contribution in [0, 0.1) is 35.5 Å². The van der Waals surface area contributed by atoms with Gasteiger partial charge in [0.15, 0.2) is 0 Å². The first-order chi connectivity index (χ1) is 11.6. The average molecular weight is 324 g/mol. The highest BCUT2D eigenvalue weighted by atomic mass is 16.2. The van der Waals surface area contributed by atoms with E-state index in [1.54, 1.807) is 4.90 Å². The van der Waals surface area contributed by atoms with E-state index < -0.39 is 5.92 Å². The summed E-state index contributed by atoms with van der Waals surface area (Å²) in [4.78, 5) is 28.1. The van der Waals surface area contributed by atoms with Crippen LogP contribution in [0.4, 0.5) is 5.69 Å². The largest absolute Gasteiger partial charge is 0.340 e. The van der Waals surface area contributed by atoms with E-state index in [1.807, 2.05) is 43.3 Å². The summed E-state index contributed by atoms with van der Waals surface area (Å²) in [7, 11) is 0. The number of hydrogen-bond acceptors (Lipinski definition) is 4. The Morgan fingerprint density at radius 2 is 1.79 bits per heavy atom. The van der Waals surface area contributed by atoms with Gasteiger partial charge in [0.05, 0.1) is 30.9 Å². The molecule has 2 rings (SSSR count). The van der Waals surface area contributed by atoms with Crippen molar-refractivity contribution in [3.8, 4) is 12.1 Å². The van der Waals surface area contributed by atoms with Gasteiger partial charge in [-0.05, 0) is 19.1 Å². The van der Waals surface area contributed by atoms with Crippen LogP contribution in [0.3, 0.4) is 0 Å². The van der Waals surface area contributed by atoms with Gasteiger partial charge in [0, 0.05) is 31.7 Å². The first kappa shape index (κ1) is 17.5. The van der Waals surface area contributed by atoms with E-state index in [0.717, 1.165) is 11.3 Å². The van der Waals surface area contributed by atoms with Crippen LogP contribution in [0.15, 0.2) is 24.3 Å². The van der Waals surface area contributed by atoms with Crippen molar-refractivity contribution in [3.63, 3.8) is 0 Å². The van der Waals surface area contributed by atoms with Crippen LogP contribution in [-0.2, 0) is 9.59 Å². The van der Waals surface area contributed by atoms with Crippen LogP contribution in [0.5, 0.6) is 0 Å². The number of anilines is 1. The molecule has 1 aromatic rings. The van der Waals surface area contributed by atoms with Crippen molar-refractivity contribution in [2.75, 3.05) is 24.5 Å². The summed E-state index contributed by atoms with van der Waals surface area (Å²) in [6.45, 7) is 2.92. The van der Waals surface area contributed by atoms with Gasteiger partial charge in [0.2, 0.25) is 11.8 Å². The topological polar surface area (TPSA) is 88.2 Å². The second-order valence-electron chi connectivity index (χ2n) is 5.88. The number of nitrogens with zero attached hydrogens (tertiary/aromatic N) is 4. The van der Waals surface area contributed by atoms with E-state index >= 15 is 0 Å². The molecule has 1 aromatic carbocycles. The third-order valence-electron chi connectivity index (χ3n) is 4.12. The van der Waals surface area contributed by atoms with E-state index in [-0.39, 0.29) is 31.1 Å². The van der Waals surface area contributed by atoms with Crippen molar-refractivity contribution in [2.45, 2.75) is 26.2 Å². The summed E-state index contributed by atoms with van der Waals surface area (Å²) in [5.41, 5.74) is 1.90. The van der Waals surface area contributed by atoms with Gasteiger partial charge in [-0.1, -0.05) is 17.7 Å². The molecular weight excluding hydrogens is 304 g/mol. The zero-order valence-electron chi connectivity index (χ0n) is 13.7. The fraction of sp³-hybridized carbons (Fsp3) is 0.444. The molecule has 0 bridgehead atoms. The Morgan fingerprint density at radius 1 is 1.21 bits per heavy atom. The Kier molecular flexibility index (Phi) is 5.92. The molecule has 0 N–H and O–H groups in total. The van der Waals surface area contributed by atoms with Gasteiger partial charge in [-0.2, -0.15) is 10.5 Å². The predicted octanol–water partition coefficient (Wildman–Crippen LogP) is 2.00. The summed E-state index contributed by atoms with van der Waals surface area (Å²) >= 11 is 0. The lowest BCUT2D eigenvalue weighted by Gasteiger charge is -2.24. The van der Waals surface area contributed by atoms with Crippen LogP contribution in [0.2, 0.25) is 0 Å². The van der Waals surface area contributed by atoms with Crippen molar-refractivity contribution < 1.29 is 9.59 Å². The molecule has 0 radical (unpaired) electrons. The zero-order valence-corrected chi connectivity index (χ0v) is 13.7. The number of hydrogen-bond donors (Lipinski definition) is 0. The second-order valence-corrected chi connectivity index (χ2v) is 5.88. The van der Waals surface area contributed by atoms with Crippen LogP contribution in [-0.4, -0.2) is 36.3 Å². The van der Waals surface area contributed by atoms with Gasteiger partial charge in [-0.3, -0.25) is 9.59 Å². The highest BCUT2D eigenvalue weighted by Gasteiger charge is 2.37. The normalized spacial score (nSPS) is 16.5. The smallest absolute Gasteiger partial charge is 0.228 e. The number of carbonyl (C=O) groups excluding carboxylic acids is 2. The van der Waals surface area contributed by atoms with Crippen molar-refractivity contribution >= 4 is 17.5 Å². The fourth-order valence-electron chi connectivity index (χ4n) is 2.81. The maximum atomic E-state index is 12.7. The lowest BCUT2D eigenvalue weighted by molar-refractivity contribution is -0.135. The van der Waals surface area contributed by atoms with Gasteiger partial charge in [-0.15, -0.1) is 0 Å². The van der Waals surface area contributed by atoms with Crippen molar-refractivity contribution in [2.24, 2.45) is 5.92 Å². The first-order valence-electron chi connectivity index (χ1n) is 7.96. The molecule has 2 amide bonds. The first-order valence-corrected chi connectivity index (χ1v) is 7.96. The van der Waals surface area contributed by atoms with E-state index in [0.29, 0.717) is 19.6 Å². The maximum absolute atomic E-state index is 12.7. The Morgan fingerprint density at radius 3 is 2.33 bits per heavy atom. The van der Waals surface area contributed by atoms with E-state index in [4.69, 9.17) is 10.5 Å². The average Bonchev–Trinajstić information content (AvgIpc) is 2.97. The molecule has 6 nitrogen and oxygen atoms in total. The number of benzene rings is 1. The molecule has 124 valence electrons. The molecule has 6 heteroatoms. The molecule has 0 aliphatic carbocycles. The third-order valence-corrected chi connectivity index (χ3v) is 4.12. The Hall–Kier alpha value is -2.86. The summed E-state index contributed by atoms with van der Waals surface area (Å²) in [5.74, 6) is -0.641. The second kappa shape index (κ2) is 8.12. The molecule has 24 heavy (non-hydrogen) atoms. The Balaban J connectivity index is 2.07. The summed E-state index contributed by atoms with van der Waals surface area (Å²) in [6, 6.07) is 11.7. The molecule has 1 atom stereocenters. The molecule has 1 saturated heterocycles. The molecule has 0 saturated carbocycles. The summed E-state index contributed by atoms with van der Waals surface area (Å²) < 4.78 is 0.